The number of hydrogen-bond donors (Lipinski definition) is 1. The predicted octanol–water partition coefficient (Wildman–Crippen LogP) is 2.95. The molecule has 0 saturated heterocycles. The molecule has 2 N–H and O–H groups in total. The number of fused-ring (bicyclic) bond motifs is 1. The molecule has 0 amide bonds. The SMILES string of the molecule is Cc1nc2ccc(C(=O)c3cccc(N)c3)cc2o1. The van der Waals surface area contributed by atoms with Crippen molar-refractivity contribution in [2.75, 3.05) is 5.73 Å². The van der Waals surface area contributed by atoms with Crippen molar-refractivity contribution in [1.82, 2.24) is 4.98 Å². The highest BCUT2D eigenvalue weighted by Gasteiger charge is 2.11. The van der Waals surface area contributed by atoms with Crippen LogP contribution in [0.5, 0.6) is 0 Å². The number of oxazole rings is 1. The van der Waals surface area contributed by atoms with E-state index in [-0.39, 0.29) is 5.78 Å². The number of aryl methyl sites for hydroxylation is 1. The number of ketones is 1. The zero-order valence-electron chi connectivity index (χ0n) is 10.4. The summed E-state index contributed by atoms with van der Waals surface area (Å²) in [6.07, 6.45) is 0. The Kier molecular flexibility index (Phi) is 2.56. The van der Waals surface area contributed by atoms with Crippen molar-refractivity contribution in [2.45, 2.75) is 6.92 Å². The van der Waals surface area contributed by atoms with E-state index in [4.69, 9.17) is 10.2 Å². The van der Waals surface area contributed by atoms with E-state index in [2.05, 4.69) is 4.98 Å². The van der Waals surface area contributed by atoms with Gasteiger partial charge in [-0.2, -0.15) is 0 Å². The Balaban J connectivity index is 2.06. The maximum Gasteiger partial charge on any atom is 0.193 e. The molecule has 4 nitrogen and oxygen atoms in total. The minimum atomic E-state index is -0.0803. The third-order valence-corrected chi connectivity index (χ3v) is 2.91. The van der Waals surface area contributed by atoms with E-state index in [0.717, 1.165) is 5.52 Å². The lowest BCUT2D eigenvalue weighted by atomic mass is 10.0. The van der Waals surface area contributed by atoms with Crippen LogP contribution in [0.2, 0.25) is 0 Å². The Morgan fingerprint density at radius 3 is 2.74 bits per heavy atom. The Hall–Kier alpha value is -2.62. The quantitative estimate of drug-likeness (QED) is 0.562. The van der Waals surface area contributed by atoms with Crippen LogP contribution in [0.25, 0.3) is 11.1 Å². The van der Waals surface area contributed by atoms with Crippen LogP contribution in [-0.2, 0) is 0 Å². The molecule has 0 unspecified atom stereocenters. The summed E-state index contributed by atoms with van der Waals surface area (Å²) < 4.78 is 5.43. The number of hydrogen-bond acceptors (Lipinski definition) is 4. The lowest BCUT2D eigenvalue weighted by Crippen LogP contribution is -2.01. The molecule has 0 fully saturated rings. The summed E-state index contributed by atoms with van der Waals surface area (Å²) >= 11 is 0. The third kappa shape index (κ3) is 2.08. The van der Waals surface area contributed by atoms with E-state index in [1.165, 1.54) is 0 Å². The number of benzene rings is 2. The first kappa shape index (κ1) is 11.5. The molecule has 1 heterocycles. The lowest BCUT2D eigenvalue weighted by molar-refractivity contribution is 0.103. The van der Waals surface area contributed by atoms with Gasteiger partial charge in [-0.15, -0.1) is 0 Å². The highest BCUT2D eigenvalue weighted by Crippen LogP contribution is 2.19. The van der Waals surface area contributed by atoms with E-state index < -0.39 is 0 Å². The minimum absolute atomic E-state index is 0.0803. The van der Waals surface area contributed by atoms with Crippen LogP contribution in [0.4, 0.5) is 5.69 Å². The van der Waals surface area contributed by atoms with Crippen LogP contribution in [0.1, 0.15) is 21.8 Å². The molecule has 3 aromatic rings. The van der Waals surface area contributed by atoms with Gasteiger partial charge in [0.1, 0.15) is 5.52 Å². The molecular formula is C15H12N2O2. The van der Waals surface area contributed by atoms with Crippen molar-refractivity contribution in [3.8, 4) is 0 Å². The summed E-state index contributed by atoms with van der Waals surface area (Å²) in [6.45, 7) is 1.78. The molecule has 0 aliphatic carbocycles. The fraction of sp³-hybridized carbons (Fsp3) is 0.0667. The zero-order chi connectivity index (χ0) is 13.4. The molecule has 19 heavy (non-hydrogen) atoms. The van der Waals surface area contributed by atoms with E-state index in [9.17, 15) is 4.79 Å². The maximum atomic E-state index is 12.3. The molecule has 4 heteroatoms. The zero-order valence-corrected chi connectivity index (χ0v) is 10.4. The number of carbonyl (C=O) groups excluding carboxylic acids is 1. The summed E-state index contributed by atoms with van der Waals surface area (Å²) in [5, 5.41) is 0. The van der Waals surface area contributed by atoms with Gasteiger partial charge in [0.05, 0.1) is 0 Å². The average molecular weight is 252 g/mol. The first-order chi connectivity index (χ1) is 9.13. The maximum absolute atomic E-state index is 12.3. The molecule has 0 aliphatic rings. The van der Waals surface area contributed by atoms with Crippen LogP contribution >= 0.6 is 0 Å². The van der Waals surface area contributed by atoms with Gasteiger partial charge in [0.25, 0.3) is 0 Å². The topological polar surface area (TPSA) is 69.1 Å². The number of nitrogen functional groups attached to an aromatic ring is 1. The van der Waals surface area contributed by atoms with Gasteiger partial charge in [-0.3, -0.25) is 4.79 Å². The molecule has 1 aromatic heterocycles. The highest BCUT2D eigenvalue weighted by atomic mass is 16.3. The molecule has 3 rings (SSSR count). The highest BCUT2D eigenvalue weighted by molar-refractivity contribution is 6.10. The molecule has 0 radical (unpaired) electrons. The van der Waals surface area contributed by atoms with Crippen LogP contribution < -0.4 is 5.73 Å². The van der Waals surface area contributed by atoms with Gasteiger partial charge < -0.3 is 10.2 Å². The van der Waals surface area contributed by atoms with Crippen molar-refractivity contribution in [2.24, 2.45) is 0 Å². The van der Waals surface area contributed by atoms with E-state index in [0.29, 0.717) is 28.3 Å². The Morgan fingerprint density at radius 1 is 1.16 bits per heavy atom. The fourth-order valence-corrected chi connectivity index (χ4v) is 2.03. The van der Waals surface area contributed by atoms with Crippen molar-refractivity contribution in [1.29, 1.82) is 0 Å². The van der Waals surface area contributed by atoms with Crippen LogP contribution in [0.3, 0.4) is 0 Å². The van der Waals surface area contributed by atoms with Crippen LogP contribution in [-0.4, -0.2) is 10.8 Å². The van der Waals surface area contributed by atoms with Gasteiger partial charge in [0.15, 0.2) is 17.3 Å². The van der Waals surface area contributed by atoms with Crippen molar-refractivity contribution < 1.29 is 9.21 Å². The monoisotopic (exact) mass is 252 g/mol. The Morgan fingerprint density at radius 2 is 1.95 bits per heavy atom. The number of carbonyl (C=O) groups is 1. The Bertz CT molecular complexity index is 775. The summed E-state index contributed by atoms with van der Waals surface area (Å²) in [7, 11) is 0. The van der Waals surface area contributed by atoms with Gasteiger partial charge in [-0.1, -0.05) is 12.1 Å². The standard InChI is InChI=1S/C15H12N2O2/c1-9-17-13-6-5-11(8-14(13)19-9)15(18)10-3-2-4-12(16)7-10/h2-8H,16H2,1H3. The number of rotatable bonds is 2. The number of nitrogens with two attached hydrogens (primary N) is 1. The Labute approximate surface area is 109 Å². The molecule has 0 aliphatic heterocycles. The molecule has 94 valence electrons. The smallest absolute Gasteiger partial charge is 0.193 e. The summed E-state index contributed by atoms with van der Waals surface area (Å²) in [5.74, 6) is 0.506. The first-order valence-electron chi connectivity index (χ1n) is 5.91. The fourth-order valence-electron chi connectivity index (χ4n) is 2.03. The van der Waals surface area contributed by atoms with Gasteiger partial charge in [0, 0.05) is 23.7 Å². The number of nitrogens with zero attached hydrogens (tertiary/aromatic N) is 1. The second-order valence-corrected chi connectivity index (χ2v) is 4.37. The van der Waals surface area contributed by atoms with E-state index in [1.54, 1.807) is 49.4 Å². The molecule has 0 spiro atoms. The van der Waals surface area contributed by atoms with Gasteiger partial charge in [-0.05, 0) is 30.3 Å². The van der Waals surface area contributed by atoms with Crippen molar-refractivity contribution in [3.63, 3.8) is 0 Å². The number of anilines is 1. The normalized spacial score (nSPS) is 10.8. The lowest BCUT2D eigenvalue weighted by Gasteiger charge is -2.02. The van der Waals surface area contributed by atoms with E-state index in [1.807, 2.05) is 0 Å². The second-order valence-electron chi connectivity index (χ2n) is 4.37. The van der Waals surface area contributed by atoms with Gasteiger partial charge >= 0.3 is 0 Å². The second kappa shape index (κ2) is 4.24. The molecular weight excluding hydrogens is 240 g/mol. The first-order valence-corrected chi connectivity index (χ1v) is 5.91. The van der Waals surface area contributed by atoms with E-state index >= 15 is 0 Å². The van der Waals surface area contributed by atoms with Crippen LogP contribution in [0, 0.1) is 6.92 Å². The molecule has 2 aromatic carbocycles. The molecule has 0 bridgehead atoms. The molecule has 0 atom stereocenters. The van der Waals surface area contributed by atoms with Crippen LogP contribution in [0.15, 0.2) is 46.9 Å². The summed E-state index contributed by atoms with van der Waals surface area (Å²) in [5.41, 5.74) is 8.76. The number of aromatic nitrogens is 1. The average Bonchev–Trinajstić information content (AvgIpc) is 2.76. The summed E-state index contributed by atoms with van der Waals surface area (Å²) in [4.78, 5) is 16.5. The van der Waals surface area contributed by atoms with Crippen molar-refractivity contribution >= 4 is 22.6 Å². The largest absolute Gasteiger partial charge is 0.441 e. The predicted molar refractivity (Wildman–Crippen MR) is 73.0 cm³/mol. The van der Waals surface area contributed by atoms with Crippen molar-refractivity contribution in [3.05, 3.63) is 59.5 Å². The van der Waals surface area contributed by atoms with Gasteiger partial charge in [0.2, 0.25) is 0 Å². The summed E-state index contributed by atoms with van der Waals surface area (Å²) in [6, 6.07) is 12.2. The molecule has 0 saturated carbocycles. The minimum Gasteiger partial charge on any atom is -0.441 e. The van der Waals surface area contributed by atoms with Gasteiger partial charge in [-0.25, -0.2) is 4.98 Å². The third-order valence-electron chi connectivity index (χ3n) is 2.91.